The lowest BCUT2D eigenvalue weighted by Crippen LogP contribution is -1.83. The summed E-state index contributed by atoms with van der Waals surface area (Å²) in [6, 6.07) is 13.1. The van der Waals surface area contributed by atoms with Gasteiger partial charge in [0.05, 0.1) is 0 Å². The van der Waals surface area contributed by atoms with E-state index in [2.05, 4.69) is 0 Å². The highest BCUT2D eigenvalue weighted by Gasteiger charge is 2.02. The van der Waals surface area contributed by atoms with E-state index >= 15 is 0 Å². The standard InChI is InChI=1S/C12H10O3/c13-9-4-3-5-10(8-9)15-12-7-2-1-6-11(12)14/h1-8,13-14H. The van der Waals surface area contributed by atoms with Crippen LogP contribution in [0.3, 0.4) is 0 Å². The van der Waals surface area contributed by atoms with Gasteiger partial charge in [-0.1, -0.05) is 18.2 Å². The first-order chi connectivity index (χ1) is 7.25. The molecule has 0 unspecified atom stereocenters. The summed E-state index contributed by atoms with van der Waals surface area (Å²) in [7, 11) is 0. The van der Waals surface area contributed by atoms with Gasteiger partial charge in [0, 0.05) is 6.07 Å². The molecule has 2 rings (SSSR count). The minimum absolute atomic E-state index is 0.0702. The number of phenols is 2. The Morgan fingerprint density at radius 1 is 0.867 bits per heavy atom. The van der Waals surface area contributed by atoms with Gasteiger partial charge in [0.2, 0.25) is 0 Å². The number of aromatic hydroxyl groups is 2. The van der Waals surface area contributed by atoms with E-state index in [9.17, 15) is 10.2 Å². The van der Waals surface area contributed by atoms with Crippen molar-refractivity contribution in [2.24, 2.45) is 0 Å². The van der Waals surface area contributed by atoms with Gasteiger partial charge in [-0.15, -0.1) is 0 Å². The number of hydrogen-bond acceptors (Lipinski definition) is 3. The van der Waals surface area contributed by atoms with Crippen LogP contribution in [-0.4, -0.2) is 10.2 Å². The lowest BCUT2D eigenvalue weighted by molar-refractivity contribution is 0.408. The Hall–Kier alpha value is -2.16. The quantitative estimate of drug-likeness (QED) is 0.787. The first-order valence-corrected chi connectivity index (χ1v) is 4.50. The molecule has 0 radical (unpaired) electrons. The average Bonchev–Trinajstić information content (AvgIpc) is 2.22. The lowest BCUT2D eigenvalue weighted by Gasteiger charge is -2.06. The molecule has 2 aromatic rings. The van der Waals surface area contributed by atoms with Crippen LogP contribution in [0.5, 0.6) is 23.0 Å². The van der Waals surface area contributed by atoms with Gasteiger partial charge in [-0.3, -0.25) is 0 Å². The Kier molecular flexibility index (Phi) is 2.46. The molecule has 0 spiro atoms. The van der Waals surface area contributed by atoms with Crippen LogP contribution in [0.1, 0.15) is 0 Å². The summed E-state index contributed by atoms with van der Waals surface area (Å²) in [6.45, 7) is 0. The highest BCUT2D eigenvalue weighted by atomic mass is 16.5. The fraction of sp³-hybridized carbons (Fsp3) is 0. The third-order valence-corrected chi connectivity index (χ3v) is 1.91. The Bertz CT molecular complexity index is 466. The molecule has 0 atom stereocenters. The Balaban J connectivity index is 2.26. The summed E-state index contributed by atoms with van der Waals surface area (Å²) in [4.78, 5) is 0. The topological polar surface area (TPSA) is 49.7 Å². The Morgan fingerprint density at radius 3 is 2.40 bits per heavy atom. The van der Waals surface area contributed by atoms with Crippen molar-refractivity contribution in [3.8, 4) is 23.0 Å². The number of para-hydroxylation sites is 2. The summed E-state index contributed by atoms with van der Waals surface area (Å²) in [5.74, 6) is 1.04. The van der Waals surface area contributed by atoms with Crippen LogP contribution in [0.4, 0.5) is 0 Å². The second kappa shape index (κ2) is 3.92. The summed E-state index contributed by atoms with van der Waals surface area (Å²) in [5.41, 5.74) is 0. The maximum atomic E-state index is 9.45. The first-order valence-electron chi connectivity index (χ1n) is 4.50. The number of benzene rings is 2. The van der Waals surface area contributed by atoms with Crippen LogP contribution in [0.25, 0.3) is 0 Å². The van der Waals surface area contributed by atoms with Crippen LogP contribution < -0.4 is 4.74 Å². The van der Waals surface area contributed by atoms with Crippen molar-refractivity contribution in [3.63, 3.8) is 0 Å². The molecule has 2 aromatic carbocycles. The van der Waals surface area contributed by atoms with E-state index in [1.807, 2.05) is 0 Å². The predicted molar refractivity (Wildman–Crippen MR) is 56.3 cm³/mol. The van der Waals surface area contributed by atoms with Crippen molar-refractivity contribution in [1.82, 2.24) is 0 Å². The van der Waals surface area contributed by atoms with Gasteiger partial charge in [-0.2, -0.15) is 0 Å². The van der Waals surface area contributed by atoms with E-state index in [1.165, 1.54) is 12.1 Å². The maximum Gasteiger partial charge on any atom is 0.169 e. The molecule has 0 amide bonds. The zero-order valence-electron chi connectivity index (χ0n) is 7.92. The van der Waals surface area contributed by atoms with Crippen molar-refractivity contribution < 1.29 is 14.9 Å². The summed E-state index contributed by atoms with van der Waals surface area (Å²) >= 11 is 0. The molecule has 0 aromatic heterocycles. The molecule has 0 fully saturated rings. The van der Waals surface area contributed by atoms with Gasteiger partial charge in [0.1, 0.15) is 11.5 Å². The molecule has 0 bridgehead atoms. The van der Waals surface area contributed by atoms with Crippen molar-refractivity contribution in [1.29, 1.82) is 0 Å². The lowest BCUT2D eigenvalue weighted by atomic mass is 10.3. The number of phenolic OH excluding ortho intramolecular Hbond substituents is 2. The first kappa shape index (κ1) is 9.40. The molecule has 0 saturated heterocycles. The van der Waals surface area contributed by atoms with Crippen LogP contribution in [0.15, 0.2) is 48.5 Å². The van der Waals surface area contributed by atoms with Crippen molar-refractivity contribution in [2.45, 2.75) is 0 Å². The fourth-order valence-corrected chi connectivity index (χ4v) is 1.22. The minimum Gasteiger partial charge on any atom is -0.508 e. The molecular weight excluding hydrogens is 192 g/mol. The summed E-state index contributed by atoms with van der Waals surface area (Å²) in [5, 5.41) is 18.7. The summed E-state index contributed by atoms with van der Waals surface area (Å²) in [6.07, 6.45) is 0. The minimum atomic E-state index is 0.0702. The number of ether oxygens (including phenoxy) is 1. The normalized spacial score (nSPS) is 9.87. The van der Waals surface area contributed by atoms with Gasteiger partial charge in [0.15, 0.2) is 11.5 Å². The molecule has 0 saturated carbocycles. The zero-order valence-corrected chi connectivity index (χ0v) is 7.92. The van der Waals surface area contributed by atoms with Crippen LogP contribution >= 0.6 is 0 Å². The molecule has 0 aliphatic heterocycles. The fourth-order valence-electron chi connectivity index (χ4n) is 1.22. The van der Waals surface area contributed by atoms with Crippen molar-refractivity contribution >= 4 is 0 Å². The van der Waals surface area contributed by atoms with Crippen LogP contribution in [-0.2, 0) is 0 Å². The van der Waals surface area contributed by atoms with Gasteiger partial charge in [-0.25, -0.2) is 0 Å². The Labute approximate surface area is 87.2 Å². The molecule has 3 heteroatoms. The maximum absolute atomic E-state index is 9.45. The van der Waals surface area contributed by atoms with E-state index < -0.39 is 0 Å². The van der Waals surface area contributed by atoms with Crippen LogP contribution in [0.2, 0.25) is 0 Å². The van der Waals surface area contributed by atoms with Gasteiger partial charge < -0.3 is 14.9 Å². The largest absolute Gasteiger partial charge is 0.508 e. The van der Waals surface area contributed by atoms with E-state index in [0.717, 1.165) is 0 Å². The predicted octanol–water partition coefficient (Wildman–Crippen LogP) is 2.89. The SMILES string of the molecule is Oc1cccc(Oc2ccccc2O)c1. The van der Waals surface area contributed by atoms with Crippen LogP contribution in [0, 0.1) is 0 Å². The highest BCUT2D eigenvalue weighted by molar-refractivity contribution is 5.42. The van der Waals surface area contributed by atoms with Gasteiger partial charge in [0.25, 0.3) is 0 Å². The molecule has 0 aliphatic rings. The Morgan fingerprint density at radius 2 is 1.67 bits per heavy atom. The van der Waals surface area contributed by atoms with Crippen molar-refractivity contribution in [2.75, 3.05) is 0 Å². The van der Waals surface area contributed by atoms with Gasteiger partial charge in [-0.05, 0) is 24.3 Å². The van der Waals surface area contributed by atoms with E-state index in [-0.39, 0.29) is 11.5 Å². The zero-order chi connectivity index (χ0) is 10.7. The number of hydrogen-bond donors (Lipinski definition) is 2. The third-order valence-electron chi connectivity index (χ3n) is 1.91. The molecular formula is C12H10O3. The second-order valence-electron chi connectivity index (χ2n) is 3.07. The van der Waals surface area contributed by atoms with E-state index in [0.29, 0.717) is 11.5 Å². The molecule has 0 heterocycles. The average molecular weight is 202 g/mol. The highest BCUT2D eigenvalue weighted by Crippen LogP contribution is 2.30. The second-order valence-corrected chi connectivity index (χ2v) is 3.07. The number of rotatable bonds is 2. The summed E-state index contributed by atoms with van der Waals surface area (Å²) < 4.78 is 5.38. The molecule has 0 aliphatic carbocycles. The molecule has 76 valence electrons. The molecule has 3 nitrogen and oxygen atoms in total. The third kappa shape index (κ3) is 2.20. The molecule has 15 heavy (non-hydrogen) atoms. The molecule has 2 N–H and O–H groups in total. The van der Waals surface area contributed by atoms with Gasteiger partial charge >= 0.3 is 0 Å². The van der Waals surface area contributed by atoms with Crippen molar-refractivity contribution in [3.05, 3.63) is 48.5 Å². The van der Waals surface area contributed by atoms with E-state index in [4.69, 9.17) is 4.74 Å². The monoisotopic (exact) mass is 202 g/mol. The van der Waals surface area contributed by atoms with E-state index in [1.54, 1.807) is 36.4 Å². The smallest absolute Gasteiger partial charge is 0.169 e.